The van der Waals surface area contributed by atoms with Crippen LogP contribution in [0.4, 0.5) is 10.5 Å². The van der Waals surface area contributed by atoms with Crippen LogP contribution in [0.15, 0.2) is 53.7 Å². The number of aromatic amines is 1. The van der Waals surface area contributed by atoms with Gasteiger partial charge in [-0.05, 0) is 75.2 Å². The number of nitrogens with two attached hydrogens (primary N) is 1. The van der Waals surface area contributed by atoms with Crippen molar-refractivity contribution in [2.75, 3.05) is 19.9 Å². The van der Waals surface area contributed by atoms with Gasteiger partial charge in [-0.25, -0.2) is 24.0 Å². The summed E-state index contributed by atoms with van der Waals surface area (Å²) in [5.41, 5.74) is 8.77. The number of nitrogens with zero attached hydrogens (tertiary/aromatic N) is 2. The molecule has 2 aromatic carbocycles. The minimum Gasteiger partial charge on any atom is -0.424 e. The summed E-state index contributed by atoms with van der Waals surface area (Å²) < 4.78 is 25.2. The summed E-state index contributed by atoms with van der Waals surface area (Å²) in [5, 5.41) is 2.72. The second kappa shape index (κ2) is 14.5. The van der Waals surface area contributed by atoms with Crippen molar-refractivity contribution in [3.63, 3.8) is 0 Å². The highest BCUT2D eigenvalue weighted by atomic mass is 31.2. The average molecular weight is 630 g/mol. The van der Waals surface area contributed by atoms with Crippen molar-refractivity contribution in [1.29, 1.82) is 0 Å². The van der Waals surface area contributed by atoms with E-state index in [9.17, 15) is 23.7 Å². The summed E-state index contributed by atoms with van der Waals surface area (Å²) in [7, 11) is -4.76. The van der Waals surface area contributed by atoms with Gasteiger partial charge in [0.15, 0.2) is 0 Å². The predicted molar refractivity (Wildman–Crippen MR) is 158 cm³/mol. The van der Waals surface area contributed by atoms with E-state index >= 15 is 0 Å². The molecule has 44 heavy (non-hydrogen) atoms. The molecule has 0 atom stereocenters. The lowest BCUT2D eigenvalue weighted by Crippen LogP contribution is -2.37. The van der Waals surface area contributed by atoms with Gasteiger partial charge in [-0.1, -0.05) is 6.07 Å². The van der Waals surface area contributed by atoms with Gasteiger partial charge >= 0.3 is 19.9 Å². The SMILES string of the molecule is CCNC(=O)c1ccc(C)c(N=C(N)c2[nH]cc(C(=O)N(CC)C(=O)OCOC(=O)c3ccc(OP(=O)(O)O)cc3)c2C)c1. The highest BCUT2D eigenvalue weighted by Gasteiger charge is 2.27. The molecular weight excluding hydrogens is 597 g/mol. The van der Waals surface area contributed by atoms with Crippen molar-refractivity contribution in [2.24, 2.45) is 10.7 Å². The number of rotatable bonds is 11. The molecule has 0 fully saturated rings. The number of hydrogen-bond acceptors (Lipinski definition) is 9. The molecule has 1 heterocycles. The first-order valence-electron chi connectivity index (χ1n) is 13.2. The number of H-pyrrole nitrogens is 1. The van der Waals surface area contributed by atoms with Crippen molar-refractivity contribution in [2.45, 2.75) is 27.7 Å². The van der Waals surface area contributed by atoms with E-state index in [2.05, 4.69) is 19.8 Å². The smallest absolute Gasteiger partial charge is 0.424 e. The number of nitrogens with one attached hydrogen (secondary N) is 2. The van der Waals surface area contributed by atoms with Crippen LogP contribution in [-0.2, 0) is 14.0 Å². The molecule has 0 saturated heterocycles. The molecule has 1 aromatic heterocycles. The summed E-state index contributed by atoms with van der Waals surface area (Å²) in [4.78, 5) is 76.2. The summed E-state index contributed by atoms with van der Waals surface area (Å²) in [6.45, 7) is 6.38. The number of aromatic nitrogens is 1. The van der Waals surface area contributed by atoms with Gasteiger partial charge < -0.3 is 30.0 Å². The Hall–Kier alpha value is -4.98. The van der Waals surface area contributed by atoms with Gasteiger partial charge in [-0.2, -0.15) is 0 Å². The Morgan fingerprint density at radius 2 is 1.68 bits per heavy atom. The van der Waals surface area contributed by atoms with Crippen LogP contribution in [0.1, 0.15) is 61.7 Å². The van der Waals surface area contributed by atoms with Gasteiger partial charge in [0.05, 0.1) is 22.5 Å². The van der Waals surface area contributed by atoms with Crippen LogP contribution in [-0.4, -0.2) is 69.3 Å². The highest BCUT2D eigenvalue weighted by molar-refractivity contribution is 7.46. The topological polar surface area (TPSA) is 223 Å². The molecule has 0 spiro atoms. The Kier molecular flexibility index (Phi) is 11.0. The third-order valence-electron chi connectivity index (χ3n) is 6.14. The normalized spacial score (nSPS) is 11.5. The predicted octanol–water partition coefficient (Wildman–Crippen LogP) is 3.30. The second-order valence-electron chi connectivity index (χ2n) is 9.18. The lowest BCUT2D eigenvalue weighted by Gasteiger charge is -2.18. The van der Waals surface area contributed by atoms with Crippen molar-refractivity contribution in [1.82, 2.24) is 15.2 Å². The number of phosphoric ester groups is 1. The Bertz CT molecular complexity index is 1630. The number of imide groups is 1. The van der Waals surface area contributed by atoms with Crippen LogP contribution in [0.2, 0.25) is 0 Å². The molecule has 0 saturated carbocycles. The van der Waals surface area contributed by atoms with E-state index in [1.54, 1.807) is 32.0 Å². The monoisotopic (exact) mass is 629 g/mol. The lowest BCUT2D eigenvalue weighted by molar-refractivity contribution is -0.0102. The average Bonchev–Trinajstić information content (AvgIpc) is 3.35. The fourth-order valence-electron chi connectivity index (χ4n) is 3.89. The van der Waals surface area contributed by atoms with Crippen molar-refractivity contribution >= 4 is 43.2 Å². The van der Waals surface area contributed by atoms with E-state index in [-0.39, 0.29) is 35.2 Å². The third kappa shape index (κ3) is 8.53. The van der Waals surface area contributed by atoms with Crippen molar-refractivity contribution < 1.29 is 47.5 Å². The molecule has 0 aliphatic carbocycles. The number of aryl methyl sites for hydroxylation is 1. The molecule has 3 amide bonds. The molecular formula is C28H32N5O10P. The number of hydrogen-bond donors (Lipinski definition) is 5. The fraction of sp³-hybridized carbons (Fsp3) is 0.250. The van der Waals surface area contributed by atoms with Crippen LogP contribution in [0.5, 0.6) is 5.75 Å². The fourth-order valence-corrected chi connectivity index (χ4v) is 4.28. The number of amides is 3. The summed E-state index contributed by atoms with van der Waals surface area (Å²) in [5.74, 6) is -1.97. The zero-order chi connectivity index (χ0) is 32.6. The molecule has 234 valence electrons. The van der Waals surface area contributed by atoms with Gasteiger partial charge in [0.25, 0.3) is 11.8 Å². The second-order valence-corrected chi connectivity index (χ2v) is 10.3. The maximum Gasteiger partial charge on any atom is 0.524 e. The van der Waals surface area contributed by atoms with Gasteiger partial charge in [0.1, 0.15) is 11.6 Å². The van der Waals surface area contributed by atoms with Crippen molar-refractivity contribution in [3.05, 3.63) is 82.2 Å². The zero-order valence-electron chi connectivity index (χ0n) is 24.3. The highest BCUT2D eigenvalue weighted by Crippen LogP contribution is 2.37. The number of benzene rings is 2. The first-order valence-corrected chi connectivity index (χ1v) is 14.7. The molecule has 0 aliphatic heterocycles. The molecule has 16 heteroatoms. The minimum absolute atomic E-state index is 0.0107. The molecule has 0 aliphatic rings. The number of phosphoric acid groups is 1. The Morgan fingerprint density at radius 1 is 1.02 bits per heavy atom. The van der Waals surface area contributed by atoms with Gasteiger partial charge in [-0.15, -0.1) is 0 Å². The van der Waals surface area contributed by atoms with E-state index in [4.69, 9.17) is 25.0 Å². The van der Waals surface area contributed by atoms with E-state index in [0.717, 1.165) is 22.6 Å². The molecule has 6 N–H and O–H groups in total. The Balaban J connectivity index is 1.66. The Morgan fingerprint density at radius 3 is 2.30 bits per heavy atom. The molecule has 0 unspecified atom stereocenters. The van der Waals surface area contributed by atoms with Gasteiger partial charge in [0, 0.05) is 24.8 Å². The number of ether oxygens (including phenoxy) is 2. The number of carbonyl (C=O) groups excluding carboxylic acids is 4. The Labute approximate surface area is 252 Å². The maximum atomic E-state index is 13.2. The summed E-state index contributed by atoms with van der Waals surface area (Å²) in [6, 6.07) is 9.71. The molecule has 0 bridgehead atoms. The first kappa shape index (κ1) is 33.5. The quantitative estimate of drug-likeness (QED) is 0.0680. The lowest BCUT2D eigenvalue weighted by atomic mass is 10.1. The molecule has 0 radical (unpaired) electrons. The van der Waals surface area contributed by atoms with Crippen LogP contribution >= 0.6 is 7.82 Å². The summed E-state index contributed by atoms with van der Waals surface area (Å²) >= 11 is 0. The number of aliphatic imine (C=N–C) groups is 1. The first-order chi connectivity index (χ1) is 20.7. The molecule has 3 rings (SSSR count). The standard InChI is InChI=1S/C28H32N5O10P/c1-5-30-25(34)19-8-7-16(3)22(13-19)32-24(29)23-17(4)21(14-31-23)26(35)33(6-2)28(37)42-15-41-27(36)18-9-11-20(12-10-18)43-44(38,39)40/h7-14,31H,5-6,15H2,1-4H3,(H2,29,32)(H,30,34)(H2,38,39,40). The van der Waals surface area contributed by atoms with Crippen LogP contribution in [0.25, 0.3) is 0 Å². The van der Waals surface area contributed by atoms with Gasteiger partial charge in [-0.3, -0.25) is 19.4 Å². The van der Waals surface area contributed by atoms with Crippen LogP contribution < -0.4 is 15.6 Å². The minimum atomic E-state index is -4.76. The third-order valence-corrected chi connectivity index (χ3v) is 6.59. The van der Waals surface area contributed by atoms with Crippen LogP contribution in [0.3, 0.4) is 0 Å². The zero-order valence-corrected chi connectivity index (χ0v) is 25.2. The maximum absolute atomic E-state index is 13.2. The van der Waals surface area contributed by atoms with E-state index < -0.39 is 32.6 Å². The summed E-state index contributed by atoms with van der Waals surface area (Å²) in [6.07, 6.45) is 0.306. The van der Waals surface area contributed by atoms with Crippen LogP contribution in [0, 0.1) is 13.8 Å². The van der Waals surface area contributed by atoms with Gasteiger partial charge in [0.2, 0.25) is 6.79 Å². The number of amidine groups is 1. The van der Waals surface area contributed by atoms with E-state index in [0.29, 0.717) is 29.1 Å². The number of esters is 1. The molecule has 15 nitrogen and oxygen atoms in total. The van der Waals surface area contributed by atoms with Crippen molar-refractivity contribution in [3.8, 4) is 5.75 Å². The van der Waals surface area contributed by atoms with E-state index in [1.165, 1.54) is 18.3 Å². The largest absolute Gasteiger partial charge is 0.524 e. The van der Waals surface area contributed by atoms with E-state index in [1.807, 2.05) is 13.8 Å². The number of carbonyl (C=O) groups is 4. The molecule has 3 aromatic rings.